The van der Waals surface area contributed by atoms with Crippen molar-refractivity contribution in [2.45, 2.75) is 38.4 Å². The van der Waals surface area contributed by atoms with Crippen LogP contribution in [0.15, 0.2) is 36.5 Å². The SMILES string of the molecule is C[C@H]1COC[C@@H](c2ccc(C(F)(F)F)nc2)N1C(=O)c1ccc2nc(N)c3c(c2c1)COC3. The van der Waals surface area contributed by atoms with Crippen molar-refractivity contribution >= 4 is 22.6 Å². The Balaban J connectivity index is 1.51. The zero-order chi connectivity index (χ0) is 23.3. The van der Waals surface area contributed by atoms with Gasteiger partial charge in [0.15, 0.2) is 0 Å². The summed E-state index contributed by atoms with van der Waals surface area (Å²) < 4.78 is 49.9. The number of nitrogens with zero attached hydrogens (tertiary/aromatic N) is 3. The van der Waals surface area contributed by atoms with E-state index in [1.165, 1.54) is 6.07 Å². The molecule has 3 aromatic rings. The van der Waals surface area contributed by atoms with E-state index in [2.05, 4.69) is 9.97 Å². The number of pyridine rings is 2. The maximum Gasteiger partial charge on any atom is 0.433 e. The average molecular weight is 458 g/mol. The van der Waals surface area contributed by atoms with E-state index in [0.29, 0.717) is 42.3 Å². The summed E-state index contributed by atoms with van der Waals surface area (Å²) in [6.07, 6.45) is -3.37. The third kappa shape index (κ3) is 3.79. The maximum absolute atomic E-state index is 13.6. The van der Waals surface area contributed by atoms with Gasteiger partial charge in [0, 0.05) is 22.7 Å². The number of hydrogen-bond acceptors (Lipinski definition) is 6. The molecule has 2 aliphatic heterocycles. The Kier molecular flexibility index (Phi) is 5.21. The van der Waals surface area contributed by atoms with Crippen LogP contribution in [0, 0.1) is 0 Å². The zero-order valence-corrected chi connectivity index (χ0v) is 17.7. The summed E-state index contributed by atoms with van der Waals surface area (Å²) in [5.74, 6) is 0.174. The third-order valence-electron chi connectivity index (χ3n) is 6.12. The van der Waals surface area contributed by atoms with E-state index in [1.54, 1.807) is 23.1 Å². The van der Waals surface area contributed by atoms with Crippen molar-refractivity contribution in [1.29, 1.82) is 0 Å². The van der Waals surface area contributed by atoms with Crippen LogP contribution in [-0.2, 0) is 28.9 Å². The van der Waals surface area contributed by atoms with Gasteiger partial charge in [0.2, 0.25) is 0 Å². The molecule has 1 fully saturated rings. The second-order valence-electron chi connectivity index (χ2n) is 8.27. The summed E-state index contributed by atoms with van der Waals surface area (Å²) in [4.78, 5) is 23.2. The molecule has 172 valence electrons. The molecule has 1 amide bonds. The number of nitrogens with two attached hydrogens (primary N) is 1. The number of anilines is 1. The summed E-state index contributed by atoms with van der Waals surface area (Å²) in [7, 11) is 0. The van der Waals surface area contributed by atoms with Gasteiger partial charge in [-0.15, -0.1) is 0 Å². The fraction of sp³-hybridized carbons (Fsp3) is 0.348. The zero-order valence-electron chi connectivity index (χ0n) is 17.7. The number of carbonyl (C=O) groups excluding carboxylic acids is 1. The molecule has 2 aromatic heterocycles. The highest BCUT2D eigenvalue weighted by Gasteiger charge is 2.36. The van der Waals surface area contributed by atoms with E-state index in [9.17, 15) is 18.0 Å². The van der Waals surface area contributed by atoms with Gasteiger partial charge in [0.05, 0.1) is 44.0 Å². The fourth-order valence-electron chi connectivity index (χ4n) is 4.44. The lowest BCUT2D eigenvalue weighted by Gasteiger charge is -2.40. The minimum absolute atomic E-state index is 0.165. The largest absolute Gasteiger partial charge is 0.433 e. The van der Waals surface area contributed by atoms with E-state index in [-0.39, 0.29) is 18.6 Å². The lowest BCUT2D eigenvalue weighted by molar-refractivity contribution is -0.141. The van der Waals surface area contributed by atoms with Crippen molar-refractivity contribution in [3.05, 3.63) is 64.5 Å². The van der Waals surface area contributed by atoms with Gasteiger partial charge in [-0.25, -0.2) is 4.98 Å². The van der Waals surface area contributed by atoms with Gasteiger partial charge < -0.3 is 20.1 Å². The number of ether oxygens (including phenoxy) is 2. The van der Waals surface area contributed by atoms with E-state index >= 15 is 0 Å². The van der Waals surface area contributed by atoms with Gasteiger partial charge in [-0.05, 0) is 42.3 Å². The lowest BCUT2D eigenvalue weighted by atomic mass is 9.99. The maximum atomic E-state index is 13.6. The molecule has 0 aliphatic carbocycles. The molecule has 1 saturated heterocycles. The second kappa shape index (κ2) is 7.96. The number of benzene rings is 1. The smallest absolute Gasteiger partial charge is 0.383 e. The molecule has 1 aromatic carbocycles. The van der Waals surface area contributed by atoms with Crippen molar-refractivity contribution in [2.75, 3.05) is 18.9 Å². The highest BCUT2D eigenvalue weighted by atomic mass is 19.4. The molecular formula is C23H21F3N4O3. The van der Waals surface area contributed by atoms with E-state index < -0.39 is 17.9 Å². The van der Waals surface area contributed by atoms with Gasteiger partial charge >= 0.3 is 6.18 Å². The normalized spacial score (nSPS) is 20.8. The van der Waals surface area contributed by atoms with Crippen LogP contribution in [0.1, 0.15) is 45.7 Å². The first-order valence-corrected chi connectivity index (χ1v) is 10.5. The number of halogens is 3. The number of fused-ring (bicyclic) bond motifs is 3. The van der Waals surface area contributed by atoms with E-state index in [0.717, 1.165) is 28.8 Å². The molecule has 0 saturated carbocycles. The predicted octanol–water partition coefficient (Wildman–Crippen LogP) is 3.86. The molecule has 33 heavy (non-hydrogen) atoms. The topological polar surface area (TPSA) is 90.6 Å². The molecule has 2 atom stereocenters. The van der Waals surface area contributed by atoms with Gasteiger partial charge in [-0.1, -0.05) is 6.07 Å². The molecule has 0 radical (unpaired) electrons. The Morgan fingerprint density at radius 3 is 2.64 bits per heavy atom. The predicted molar refractivity (Wildman–Crippen MR) is 113 cm³/mol. The van der Waals surface area contributed by atoms with Crippen molar-refractivity contribution in [2.24, 2.45) is 0 Å². The van der Waals surface area contributed by atoms with Crippen LogP contribution in [0.5, 0.6) is 0 Å². The highest BCUT2D eigenvalue weighted by Crippen LogP contribution is 2.34. The number of rotatable bonds is 2. The number of morpholine rings is 1. The van der Waals surface area contributed by atoms with Gasteiger partial charge in [-0.3, -0.25) is 9.78 Å². The fourth-order valence-corrected chi connectivity index (χ4v) is 4.44. The molecule has 10 heteroatoms. The molecule has 7 nitrogen and oxygen atoms in total. The Labute approximate surface area is 187 Å². The number of aromatic nitrogens is 2. The molecule has 2 N–H and O–H groups in total. The van der Waals surface area contributed by atoms with Crippen LogP contribution in [0.2, 0.25) is 0 Å². The highest BCUT2D eigenvalue weighted by molar-refractivity contribution is 5.99. The van der Waals surface area contributed by atoms with E-state index in [1.807, 2.05) is 6.92 Å². The Hall–Kier alpha value is -3.24. The summed E-state index contributed by atoms with van der Waals surface area (Å²) in [5, 5.41) is 0.802. The minimum Gasteiger partial charge on any atom is -0.383 e. The first kappa shape index (κ1) is 21.6. The Morgan fingerprint density at radius 2 is 1.91 bits per heavy atom. The minimum atomic E-state index is -4.53. The van der Waals surface area contributed by atoms with Crippen molar-refractivity contribution in [1.82, 2.24) is 14.9 Å². The van der Waals surface area contributed by atoms with Crippen molar-refractivity contribution in [3.8, 4) is 0 Å². The second-order valence-corrected chi connectivity index (χ2v) is 8.27. The van der Waals surface area contributed by atoms with Crippen LogP contribution in [-0.4, -0.2) is 40.0 Å². The third-order valence-corrected chi connectivity index (χ3v) is 6.12. The van der Waals surface area contributed by atoms with Crippen LogP contribution < -0.4 is 5.73 Å². The summed E-state index contributed by atoms with van der Waals surface area (Å²) in [6, 6.07) is 6.63. The first-order valence-electron chi connectivity index (χ1n) is 10.5. The molecule has 5 rings (SSSR count). The molecule has 4 heterocycles. The summed E-state index contributed by atoms with van der Waals surface area (Å²) in [5.41, 5.74) is 8.41. The van der Waals surface area contributed by atoms with E-state index in [4.69, 9.17) is 15.2 Å². The molecule has 0 unspecified atom stereocenters. The van der Waals surface area contributed by atoms with Gasteiger partial charge in [0.25, 0.3) is 5.91 Å². The first-order chi connectivity index (χ1) is 15.7. The molecular weight excluding hydrogens is 437 g/mol. The lowest BCUT2D eigenvalue weighted by Crippen LogP contribution is -2.49. The average Bonchev–Trinajstić information content (AvgIpc) is 3.29. The molecule has 0 spiro atoms. The Morgan fingerprint density at radius 1 is 1.12 bits per heavy atom. The number of nitrogen functional groups attached to an aromatic ring is 1. The van der Waals surface area contributed by atoms with Crippen molar-refractivity contribution in [3.63, 3.8) is 0 Å². The number of carbonyl (C=O) groups is 1. The number of amides is 1. The number of alkyl halides is 3. The monoisotopic (exact) mass is 458 g/mol. The van der Waals surface area contributed by atoms with Crippen LogP contribution in [0.3, 0.4) is 0 Å². The summed E-state index contributed by atoms with van der Waals surface area (Å²) in [6.45, 7) is 3.11. The van der Waals surface area contributed by atoms with Crippen molar-refractivity contribution < 1.29 is 27.4 Å². The van der Waals surface area contributed by atoms with Gasteiger partial charge in [0.1, 0.15) is 11.5 Å². The van der Waals surface area contributed by atoms with Crippen LogP contribution in [0.25, 0.3) is 10.9 Å². The molecule has 2 aliphatic rings. The van der Waals surface area contributed by atoms with Gasteiger partial charge in [-0.2, -0.15) is 13.2 Å². The number of hydrogen-bond donors (Lipinski definition) is 1. The quantitative estimate of drug-likeness (QED) is 0.627. The standard InChI is InChI=1S/C23H21F3N4O3/c1-12-8-32-11-19(14-3-5-20(28-7-14)23(24,25)26)30(12)22(31)13-2-4-18-15(6-13)16-9-33-10-17(16)21(27)29-18/h2-7,12,19H,8-11H2,1H3,(H2,27,29)/t12-,19-/m0/s1. The van der Waals surface area contributed by atoms with Crippen LogP contribution in [0.4, 0.5) is 19.0 Å². The molecule has 0 bridgehead atoms. The van der Waals surface area contributed by atoms with Crippen LogP contribution >= 0.6 is 0 Å². The Bertz CT molecular complexity index is 1230. The summed E-state index contributed by atoms with van der Waals surface area (Å²) >= 11 is 0.